The molecule has 15 heavy (non-hydrogen) atoms. The Morgan fingerprint density at radius 2 is 2.13 bits per heavy atom. The molecule has 0 aliphatic carbocycles. The fourth-order valence-electron chi connectivity index (χ4n) is 1.31. The monoisotopic (exact) mass is 267 g/mol. The Kier molecular flexibility index (Phi) is 2.44. The number of anilines is 1. The van der Waals surface area contributed by atoms with E-state index < -0.39 is 0 Å². The molecular formula is C9H10BrN5. The van der Waals surface area contributed by atoms with E-state index in [1.807, 2.05) is 14.0 Å². The maximum absolute atomic E-state index is 5.77. The van der Waals surface area contributed by atoms with Gasteiger partial charge in [-0.25, -0.2) is 9.97 Å². The smallest absolute Gasteiger partial charge is 0.150 e. The quantitative estimate of drug-likeness (QED) is 0.851. The highest BCUT2D eigenvalue weighted by molar-refractivity contribution is 9.10. The van der Waals surface area contributed by atoms with Crippen molar-refractivity contribution in [2.75, 3.05) is 5.73 Å². The number of aromatic nitrogens is 4. The number of nitrogens with two attached hydrogens (primary N) is 1. The number of hydrogen-bond acceptors (Lipinski definition) is 4. The maximum Gasteiger partial charge on any atom is 0.150 e. The van der Waals surface area contributed by atoms with Gasteiger partial charge in [-0.2, -0.15) is 5.10 Å². The molecule has 2 heterocycles. The van der Waals surface area contributed by atoms with Crippen LogP contribution in [0.4, 0.5) is 5.82 Å². The summed E-state index contributed by atoms with van der Waals surface area (Å²) >= 11 is 3.27. The molecule has 0 saturated carbocycles. The van der Waals surface area contributed by atoms with E-state index >= 15 is 0 Å². The van der Waals surface area contributed by atoms with Crippen molar-refractivity contribution in [3.05, 3.63) is 22.7 Å². The third-order valence-electron chi connectivity index (χ3n) is 2.26. The summed E-state index contributed by atoms with van der Waals surface area (Å²) in [7, 11) is 1.88. The Bertz CT molecular complexity index is 505. The highest BCUT2D eigenvalue weighted by Gasteiger charge is 2.12. The molecule has 0 unspecified atom stereocenters. The fourth-order valence-corrected chi connectivity index (χ4v) is 1.59. The van der Waals surface area contributed by atoms with Gasteiger partial charge in [-0.1, -0.05) is 0 Å². The molecule has 2 aromatic heterocycles. The fraction of sp³-hybridized carbons (Fsp3) is 0.222. The van der Waals surface area contributed by atoms with Crippen molar-refractivity contribution in [1.29, 1.82) is 0 Å². The summed E-state index contributed by atoms with van der Waals surface area (Å²) in [5.41, 5.74) is 8.34. The van der Waals surface area contributed by atoms with Crippen LogP contribution in [0.2, 0.25) is 0 Å². The van der Waals surface area contributed by atoms with E-state index in [4.69, 9.17) is 5.73 Å². The lowest BCUT2D eigenvalue weighted by atomic mass is 10.2. The zero-order chi connectivity index (χ0) is 11.0. The predicted molar refractivity (Wildman–Crippen MR) is 61.1 cm³/mol. The molecule has 0 spiro atoms. The van der Waals surface area contributed by atoms with Gasteiger partial charge in [0, 0.05) is 18.3 Å². The minimum absolute atomic E-state index is 0.411. The molecule has 78 valence electrons. The molecule has 0 bridgehead atoms. The molecule has 0 atom stereocenters. The van der Waals surface area contributed by atoms with Gasteiger partial charge in [-0.05, 0) is 22.9 Å². The summed E-state index contributed by atoms with van der Waals surface area (Å²) in [5.74, 6) is 0.411. The number of nitrogen functional groups attached to an aromatic ring is 1. The number of nitrogens with zero attached hydrogens (tertiary/aromatic N) is 4. The van der Waals surface area contributed by atoms with Crippen molar-refractivity contribution in [3.8, 4) is 11.3 Å². The Hall–Kier alpha value is -1.43. The average molecular weight is 268 g/mol. The van der Waals surface area contributed by atoms with Crippen molar-refractivity contribution < 1.29 is 0 Å². The van der Waals surface area contributed by atoms with E-state index in [1.165, 1.54) is 0 Å². The third kappa shape index (κ3) is 1.72. The Balaban J connectivity index is 2.63. The van der Waals surface area contributed by atoms with Crippen LogP contribution in [-0.2, 0) is 7.05 Å². The van der Waals surface area contributed by atoms with Crippen molar-refractivity contribution in [1.82, 2.24) is 19.7 Å². The van der Waals surface area contributed by atoms with Crippen LogP contribution >= 0.6 is 15.9 Å². The molecule has 0 amide bonds. The van der Waals surface area contributed by atoms with Gasteiger partial charge in [0.2, 0.25) is 0 Å². The molecule has 0 fully saturated rings. The molecule has 0 aliphatic rings. The molecule has 0 aromatic carbocycles. The highest BCUT2D eigenvalue weighted by Crippen LogP contribution is 2.25. The van der Waals surface area contributed by atoms with Gasteiger partial charge >= 0.3 is 0 Å². The van der Waals surface area contributed by atoms with Gasteiger partial charge in [0.1, 0.15) is 16.1 Å². The van der Waals surface area contributed by atoms with Crippen LogP contribution in [0.25, 0.3) is 11.3 Å². The number of hydrogen-bond donors (Lipinski definition) is 1. The van der Waals surface area contributed by atoms with Crippen LogP contribution in [-0.4, -0.2) is 19.7 Å². The number of aryl methyl sites for hydroxylation is 1. The first-order chi connectivity index (χ1) is 7.09. The minimum Gasteiger partial charge on any atom is -0.382 e. The van der Waals surface area contributed by atoms with Gasteiger partial charge in [-0.15, -0.1) is 0 Å². The topological polar surface area (TPSA) is 69.6 Å². The van der Waals surface area contributed by atoms with Crippen LogP contribution in [0.3, 0.4) is 0 Å². The normalized spacial score (nSPS) is 10.6. The summed E-state index contributed by atoms with van der Waals surface area (Å²) in [4.78, 5) is 8.33. The molecule has 0 radical (unpaired) electrons. The molecule has 0 saturated heterocycles. The zero-order valence-electron chi connectivity index (χ0n) is 8.40. The summed E-state index contributed by atoms with van der Waals surface area (Å²) in [5, 5.41) is 4.14. The van der Waals surface area contributed by atoms with E-state index in [1.54, 1.807) is 17.1 Å². The van der Waals surface area contributed by atoms with Crippen LogP contribution in [0.5, 0.6) is 0 Å². The third-order valence-corrected chi connectivity index (χ3v) is 2.64. The first-order valence-electron chi connectivity index (χ1n) is 4.36. The molecule has 2 rings (SSSR count). The van der Waals surface area contributed by atoms with E-state index in [0.717, 1.165) is 11.3 Å². The number of rotatable bonds is 1. The second kappa shape index (κ2) is 3.62. The molecule has 5 nitrogen and oxygen atoms in total. The summed E-state index contributed by atoms with van der Waals surface area (Å²) in [6.45, 7) is 1.96. The van der Waals surface area contributed by atoms with Gasteiger partial charge in [0.25, 0.3) is 0 Å². The average Bonchev–Trinajstić information content (AvgIpc) is 2.52. The lowest BCUT2D eigenvalue weighted by Crippen LogP contribution is -1.98. The van der Waals surface area contributed by atoms with Crippen LogP contribution in [0.1, 0.15) is 5.69 Å². The largest absolute Gasteiger partial charge is 0.382 e. The molecule has 6 heteroatoms. The summed E-state index contributed by atoms with van der Waals surface area (Å²) in [6.07, 6.45) is 3.31. The van der Waals surface area contributed by atoms with Crippen molar-refractivity contribution in [3.63, 3.8) is 0 Å². The Labute approximate surface area is 95.5 Å². The van der Waals surface area contributed by atoms with Crippen LogP contribution < -0.4 is 5.73 Å². The van der Waals surface area contributed by atoms with Crippen molar-refractivity contribution in [2.24, 2.45) is 7.05 Å². The lowest BCUT2D eigenvalue weighted by molar-refractivity contribution is 0.740. The lowest BCUT2D eigenvalue weighted by Gasteiger charge is -2.03. The zero-order valence-corrected chi connectivity index (χ0v) is 9.98. The van der Waals surface area contributed by atoms with Gasteiger partial charge < -0.3 is 5.73 Å². The first kappa shape index (κ1) is 10.1. The van der Waals surface area contributed by atoms with Crippen molar-refractivity contribution >= 4 is 21.7 Å². The van der Waals surface area contributed by atoms with Crippen LogP contribution in [0.15, 0.2) is 17.0 Å². The molecule has 0 aliphatic heterocycles. The first-order valence-corrected chi connectivity index (χ1v) is 5.16. The van der Waals surface area contributed by atoms with E-state index in [0.29, 0.717) is 16.1 Å². The molecule has 2 aromatic rings. The predicted octanol–water partition coefficient (Wildman–Crippen LogP) is 1.53. The summed E-state index contributed by atoms with van der Waals surface area (Å²) < 4.78 is 2.44. The second-order valence-electron chi connectivity index (χ2n) is 3.19. The molecule has 2 N–H and O–H groups in total. The van der Waals surface area contributed by atoms with Gasteiger partial charge in [0.15, 0.2) is 0 Å². The Morgan fingerprint density at radius 3 is 2.73 bits per heavy atom. The van der Waals surface area contributed by atoms with E-state index in [2.05, 4.69) is 31.0 Å². The second-order valence-corrected chi connectivity index (χ2v) is 4.01. The van der Waals surface area contributed by atoms with E-state index in [9.17, 15) is 0 Å². The van der Waals surface area contributed by atoms with E-state index in [-0.39, 0.29) is 0 Å². The summed E-state index contributed by atoms with van der Waals surface area (Å²) in [6, 6.07) is 0. The minimum atomic E-state index is 0.411. The SMILES string of the molecule is Cc1c(-c2nc(Br)cnc2N)cnn1C. The van der Waals surface area contributed by atoms with Crippen LogP contribution in [0, 0.1) is 6.92 Å². The van der Waals surface area contributed by atoms with Gasteiger partial charge in [-0.3, -0.25) is 4.68 Å². The Morgan fingerprint density at radius 1 is 1.40 bits per heavy atom. The van der Waals surface area contributed by atoms with Crippen molar-refractivity contribution in [2.45, 2.75) is 6.92 Å². The molecular weight excluding hydrogens is 258 g/mol. The standard InChI is InChI=1S/C9H10BrN5/c1-5-6(3-13-15(5)2)8-9(11)12-4-7(10)14-8/h3-4H,1-2H3,(H2,11,12). The van der Waals surface area contributed by atoms with Gasteiger partial charge in [0.05, 0.1) is 12.4 Å². The maximum atomic E-state index is 5.77. The number of halogens is 1. The highest BCUT2D eigenvalue weighted by atomic mass is 79.9.